The number of ether oxygens (including phenoxy) is 2. The van der Waals surface area contributed by atoms with Crippen molar-refractivity contribution in [2.45, 2.75) is 70.4 Å². The molecular formula is C44H46N2O6. The molecule has 0 aromatic heterocycles. The Bertz CT molecular complexity index is 1820. The number of carboxylic acid groups (broad SMARTS) is 1. The van der Waals surface area contributed by atoms with Crippen molar-refractivity contribution in [1.29, 1.82) is 0 Å². The van der Waals surface area contributed by atoms with Gasteiger partial charge in [-0.25, -0.2) is 0 Å². The molecule has 1 aliphatic heterocycles. The number of aliphatic hydroxyl groups is 1. The van der Waals surface area contributed by atoms with Crippen molar-refractivity contribution < 1.29 is 29.3 Å². The largest absolute Gasteiger partial charge is 0.481 e. The quantitative estimate of drug-likeness (QED) is 0.0960. The normalized spacial score (nSPS) is 17.2. The highest BCUT2D eigenvalue weighted by atomic mass is 16.7. The van der Waals surface area contributed by atoms with Gasteiger partial charge in [0.25, 0.3) is 0 Å². The zero-order valence-corrected chi connectivity index (χ0v) is 29.3. The van der Waals surface area contributed by atoms with Crippen molar-refractivity contribution in [3.8, 4) is 11.1 Å². The van der Waals surface area contributed by atoms with Gasteiger partial charge >= 0.3 is 5.97 Å². The van der Waals surface area contributed by atoms with Gasteiger partial charge in [-0.1, -0.05) is 127 Å². The zero-order valence-electron chi connectivity index (χ0n) is 29.3. The molecule has 268 valence electrons. The van der Waals surface area contributed by atoms with Gasteiger partial charge in [-0.3, -0.25) is 14.5 Å². The van der Waals surface area contributed by atoms with Crippen LogP contribution in [0.15, 0.2) is 133 Å². The van der Waals surface area contributed by atoms with Crippen molar-refractivity contribution in [1.82, 2.24) is 10.2 Å². The van der Waals surface area contributed by atoms with Gasteiger partial charge in [0.2, 0.25) is 5.91 Å². The predicted molar refractivity (Wildman–Crippen MR) is 201 cm³/mol. The Morgan fingerprint density at radius 3 is 1.94 bits per heavy atom. The summed E-state index contributed by atoms with van der Waals surface area (Å²) in [7, 11) is 0. The maximum absolute atomic E-state index is 12.2. The molecule has 0 saturated carbocycles. The molecular weight excluding hydrogens is 652 g/mol. The number of rotatable bonds is 16. The Morgan fingerprint density at radius 1 is 0.673 bits per heavy atom. The molecule has 8 nitrogen and oxygen atoms in total. The first-order valence-corrected chi connectivity index (χ1v) is 17.9. The summed E-state index contributed by atoms with van der Waals surface area (Å²) in [6, 6.07) is 45.3. The highest BCUT2D eigenvalue weighted by Crippen LogP contribution is 2.39. The smallest absolute Gasteiger partial charge is 0.303 e. The molecule has 3 atom stereocenters. The molecule has 1 heterocycles. The second-order valence-corrected chi connectivity index (χ2v) is 13.3. The van der Waals surface area contributed by atoms with Crippen LogP contribution in [-0.4, -0.2) is 39.6 Å². The number of nitrogens with zero attached hydrogens (tertiary/aromatic N) is 1. The van der Waals surface area contributed by atoms with E-state index in [1.807, 2.05) is 54.6 Å². The van der Waals surface area contributed by atoms with Gasteiger partial charge in [0.05, 0.1) is 18.8 Å². The summed E-state index contributed by atoms with van der Waals surface area (Å²) in [5, 5.41) is 21.3. The van der Waals surface area contributed by atoms with Gasteiger partial charge in [-0.05, 0) is 51.4 Å². The van der Waals surface area contributed by atoms with Crippen LogP contribution in [0.1, 0.15) is 71.5 Å². The number of amides is 1. The van der Waals surface area contributed by atoms with Crippen molar-refractivity contribution in [3.63, 3.8) is 0 Å². The second-order valence-electron chi connectivity index (χ2n) is 13.3. The minimum atomic E-state index is -0.898. The molecule has 1 aliphatic rings. The lowest BCUT2D eigenvalue weighted by Crippen LogP contribution is -2.39. The number of nitrogens with one attached hydrogen (secondary N) is 1. The number of carbonyl (C=O) groups is 2. The Kier molecular flexibility index (Phi) is 13.0. The van der Waals surface area contributed by atoms with Crippen molar-refractivity contribution in [3.05, 3.63) is 167 Å². The van der Waals surface area contributed by atoms with Crippen LogP contribution in [0.3, 0.4) is 0 Å². The molecule has 0 aliphatic carbocycles. The van der Waals surface area contributed by atoms with Gasteiger partial charge in [-0.15, -0.1) is 0 Å². The van der Waals surface area contributed by atoms with E-state index in [9.17, 15) is 14.7 Å². The first-order valence-electron chi connectivity index (χ1n) is 17.9. The summed E-state index contributed by atoms with van der Waals surface area (Å²) in [5.74, 6) is -1.06. The topological polar surface area (TPSA) is 108 Å². The fourth-order valence-electron chi connectivity index (χ4n) is 6.57. The Labute approximate surface area is 305 Å². The maximum Gasteiger partial charge on any atom is 0.303 e. The third-order valence-electron chi connectivity index (χ3n) is 9.30. The minimum Gasteiger partial charge on any atom is -0.481 e. The standard InChI is InChI=1S/C44H46N2O6/c47-31-34-17-19-37(20-18-34)41-26-40(30-46(28-32-9-3-1-4-10-32)29-33-11-5-2-6-12-33)51-44(52-41)38-23-21-36(22-24-38)39-14-7-13-35(25-39)27-45-42(48)15-8-16-43(49)50/h1-7,9-14,17-25,40-41,44,47H,8,15-16,26-31H2,(H,45,48)(H,49,50)/t40-,41+,44+/m0/s1. The fourth-order valence-corrected chi connectivity index (χ4v) is 6.57. The molecule has 1 amide bonds. The number of benzene rings is 5. The SMILES string of the molecule is O=C(O)CCCC(=O)NCc1cccc(-c2ccc([C@@H]3O[C@H](CN(Cc4ccccc4)Cc4ccccc4)C[C@H](c4ccc(CO)cc4)O3)cc2)c1. The number of carbonyl (C=O) groups excluding carboxylic acids is 1. The number of carboxylic acids is 1. The van der Waals surface area contributed by atoms with Crippen molar-refractivity contribution >= 4 is 11.9 Å². The van der Waals surface area contributed by atoms with Crippen molar-refractivity contribution in [2.24, 2.45) is 0 Å². The lowest BCUT2D eigenvalue weighted by atomic mass is 9.98. The number of hydrogen-bond acceptors (Lipinski definition) is 6. The molecule has 0 bridgehead atoms. The first kappa shape index (κ1) is 36.7. The lowest BCUT2D eigenvalue weighted by molar-refractivity contribution is -0.253. The van der Waals surface area contributed by atoms with E-state index in [1.165, 1.54) is 11.1 Å². The Morgan fingerprint density at radius 2 is 1.31 bits per heavy atom. The van der Waals surface area contributed by atoms with Crippen LogP contribution in [0.2, 0.25) is 0 Å². The molecule has 6 rings (SSSR count). The predicted octanol–water partition coefficient (Wildman–Crippen LogP) is 7.96. The summed E-state index contributed by atoms with van der Waals surface area (Å²) < 4.78 is 13.4. The summed E-state index contributed by atoms with van der Waals surface area (Å²) in [5.41, 5.74) is 8.33. The monoisotopic (exact) mass is 698 g/mol. The van der Waals surface area contributed by atoms with E-state index >= 15 is 0 Å². The summed E-state index contributed by atoms with van der Waals surface area (Å²) in [6.45, 7) is 2.66. The molecule has 0 radical (unpaired) electrons. The van der Waals surface area contributed by atoms with Crippen LogP contribution in [-0.2, 0) is 45.3 Å². The molecule has 52 heavy (non-hydrogen) atoms. The van der Waals surface area contributed by atoms with Crippen LogP contribution >= 0.6 is 0 Å². The zero-order chi connectivity index (χ0) is 36.1. The molecule has 1 saturated heterocycles. The highest BCUT2D eigenvalue weighted by Gasteiger charge is 2.33. The van der Waals surface area contributed by atoms with Crippen LogP contribution in [0.4, 0.5) is 0 Å². The van der Waals surface area contributed by atoms with E-state index in [0.29, 0.717) is 19.4 Å². The molecule has 5 aromatic carbocycles. The van der Waals surface area contributed by atoms with Gasteiger partial charge in [0, 0.05) is 51.0 Å². The molecule has 1 fully saturated rings. The fraction of sp³-hybridized carbons (Fsp3) is 0.273. The van der Waals surface area contributed by atoms with Gasteiger partial charge < -0.3 is 25.0 Å². The lowest BCUT2D eigenvalue weighted by Gasteiger charge is -2.38. The van der Waals surface area contributed by atoms with E-state index in [4.69, 9.17) is 14.6 Å². The van der Waals surface area contributed by atoms with E-state index in [0.717, 1.165) is 53.0 Å². The molecule has 3 N–H and O–H groups in total. The Balaban J connectivity index is 1.18. The summed E-state index contributed by atoms with van der Waals surface area (Å²) in [4.78, 5) is 25.4. The molecule has 8 heteroatoms. The highest BCUT2D eigenvalue weighted by molar-refractivity contribution is 5.76. The molecule has 5 aromatic rings. The van der Waals surface area contributed by atoms with Gasteiger partial charge in [0.1, 0.15) is 0 Å². The summed E-state index contributed by atoms with van der Waals surface area (Å²) in [6.07, 6.45) is 0.303. The average Bonchev–Trinajstić information content (AvgIpc) is 3.18. The van der Waals surface area contributed by atoms with Crippen LogP contribution in [0.5, 0.6) is 0 Å². The van der Waals surface area contributed by atoms with Crippen LogP contribution < -0.4 is 5.32 Å². The Hall–Kier alpha value is -5.12. The second kappa shape index (κ2) is 18.4. The summed E-state index contributed by atoms with van der Waals surface area (Å²) >= 11 is 0. The average molecular weight is 699 g/mol. The van der Waals surface area contributed by atoms with E-state index in [2.05, 4.69) is 89.1 Å². The number of aliphatic carboxylic acids is 1. The first-order chi connectivity index (χ1) is 25.4. The maximum atomic E-state index is 12.2. The molecule has 0 unspecified atom stereocenters. The van der Waals surface area contributed by atoms with E-state index in [-0.39, 0.29) is 37.6 Å². The van der Waals surface area contributed by atoms with Crippen LogP contribution in [0.25, 0.3) is 11.1 Å². The minimum absolute atomic E-state index is 0.00735. The van der Waals surface area contributed by atoms with E-state index < -0.39 is 12.3 Å². The van der Waals surface area contributed by atoms with Crippen molar-refractivity contribution in [2.75, 3.05) is 6.54 Å². The third kappa shape index (κ3) is 10.7. The number of aliphatic hydroxyl groups excluding tert-OH is 1. The molecule has 0 spiro atoms. The van der Waals surface area contributed by atoms with Gasteiger partial charge in [-0.2, -0.15) is 0 Å². The number of hydrogen-bond donors (Lipinski definition) is 3. The van der Waals surface area contributed by atoms with Gasteiger partial charge in [0.15, 0.2) is 6.29 Å². The third-order valence-corrected chi connectivity index (χ3v) is 9.30. The van der Waals surface area contributed by atoms with E-state index in [1.54, 1.807) is 0 Å². The van der Waals surface area contributed by atoms with Crippen LogP contribution in [0, 0.1) is 0 Å².